The van der Waals surface area contributed by atoms with Gasteiger partial charge in [0.1, 0.15) is 11.8 Å². The summed E-state index contributed by atoms with van der Waals surface area (Å²) in [6.07, 6.45) is 5.70. The summed E-state index contributed by atoms with van der Waals surface area (Å²) < 4.78 is 28.7. The summed E-state index contributed by atoms with van der Waals surface area (Å²) in [5.41, 5.74) is 0.981. The number of carbonyl (C=O) groups is 4. The van der Waals surface area contributed by atoms with Crippen LogP contribution in [0.3, 0.4) is 0 Å². The van der Waals surface area contributed by atoms with E-state index in [4.69, 9.17) is 15.0 Å². The number of sulfonamides is 1. The number of carboxylic acid groups (broad SMARTS) is 1. The van der Waals surface area contributed by atoms with Gasteiger partial charge in [-0.15, -0.1) is 0 Å². The molecule has 3 rings (SSSR count). The highest BCUT2D eigenvalue weighted by molar-refractivity contribution is 7.89. The van der Waals surface area contributed by atoms with Gasteiger partial charge < -0.3 is 14.7 Å². The molecule has 3 amide bonds. The summed E-state index contributed by atoms with van der Waals surface area (Å²) in [6, 6.07) is 11.1. The third kappa shape index (κ3) is 8.23. The second-order valence-corrected chi connectivity index (χ2v) is 10.9. The minimum Gasteiger partial charge on any atom is -0.494 e. The molecule has 40 heavy (non-hydrogen) atoms. The van der Waals surface area contributed by atoms with Crippen molar-refractivity contribution in [1.82, 2.24) is 4.90 Å². The third-order valence-corrected chi connectivity index (χ3v) is 7.33. The lowest BCUT2D eigenvalue weighted by molar-refractivity contribution is -0.135. The normalized spacial score (nSPS) is 15.6. The number of amides is 3. The molecule has 0 aromatic heterocycles. The largest absolute Gasteiger partial charge is 0.494 e. The van der Waals surface area contributed by atoms with E-state index in [1.54, 1.807) is 24.3 Å². The topological polar surface area (TPSA) is 164 Å². The molecule has 1 atom stereocenters. The Morgan fingerprint density at radius 1 is 1.05 bits per heavy atom. The zero-order chi connectivity index (χ0) is 29.3. The van der Waals surface area contributed by atoms with Gasteiger partial charge in [0, 0.05) is 18.7 Å². The SMILES string of the molecule is CCCCCCOc1ccc(N2C(=O)CC(N(CCc3ccc(S(N)(=O)=O)cc3)C(=O)/C=C/C(=O)O)C2=O)cc1. The summed E-state index contributed by atoms with van der Waals surface area (Å²) in [4.78, 5) is 52.3. The number of hydrogen-bond donors (Lipinski definition) is 2. The molecule has 0 bridgehead atoms. The van der Waals surface area contributed by atoms with Crippen molar-refractivity contribution in [2.24, 2.45) is 5.14 Å². The Kier molecular flexibility index (Phi) is 10.6. The summed E-state index contributed by atoms with van der Waals surface area (Å²) >= 11 is 0. The molecule has 0 saturated carbocycles. The van der Waals surface area contributed by atoms with Crippen LogP contribution in [0.1, 0.15) is 44.6 Å². The summed E-state index contributed by atoms with van der Waals surface area (Å²) in [5.74, 6) is -2.58. The van der Waals surface area contributed by atoms with Crippen LogP contribution in [0.25, 0.3) is 0 Å². The van der Waals surface area contributed by atoms with Gasteiger partial charge in [-0.1, -0.05) is 38.3 Å². The average Bonchev–Trinajstić information content (AvgIpc) is 3.20. The van der Waals surface area contributed by atoms with E-state index in [-0.39, 0.29) is 24.3 Å². The fourth-order valence-corrected chi connectivity index (χ4v) is 4.81. The minimum atomic E-state index is -3.87. The standard InChI is InChI=1S/C28H33N3O8S/c1-2-3-4-5-18-39-22-10-8-21(9-11-22)31-26(33)19-24(28(31)36)30(25(32)14-15-27(34)35)17-16-20-6-12-23(13-7-20)40(29,37)38/h6-15,24H,2-5,16-19H2,1H3,(H,34,35)(H2,29,37,38)/b15-14+. The highest BCUT2D eigenvalue weighted by atomic mass is 32.2. The van der Waals surface area contributed by atoms with Crippen LogP contribution in [0.2, 0.25) is 0 Å². The molecular formula is C28H33N3O8S. The smallest absolute Gasteiger partial charge is 0.328 e. The van der Waals surface area contributed by atoms with Gasteiger partial charge in [0.15, 0.2) is 0 Å². The van der Waals surface area contributed by atoms with Crippen molar-refractivity contribution in [3.8, 4) is 5.75 Å². The van der Waals surface area contributed by atoms with Crippen molar-refractivity contribution in [3.63, 3.8) is 0 Å². The van der Waals surface area contributed by atoms with Crippen LogP contribution in [0, 0.1) is 0 Å². The lowest BCUT2D eigenvalue weighted by atomic mass is 10.1. The Bertz CT molecular complexity index is 1350. The van der Waals surface area contributed by atoms with E-state index >= 15 is 0 Å². The number of nitrogens with two attached hydrogens (primary N) is 1. The van der Waals surface area contributed by atoms with E-state index < -0.39 is 39.8 Å². The fraction of sp³-hybridized carbons (Fsp3) is 0.357. The molecule has 1 heterocycles. The summed E-state index contributed by atoms with van der Waals surface area (Å²) in [5, 5.41) is 14.1. The molecule has 1 fully saturated rings. The number of primary sulfonamides is 1. The first-order valence-corrected chi connectivity index (χ1v) is 14.5. The van der Waals surface area contributed by atoms with Crippen molar-refractivity contribution < 1.29 is 37.4 Å². The molecule has 0 aliphatic carbocycles. The molecule has 3 N–H and O–H groups in total. The third-order valence-electron chi connectivity index (χ3n) is 6.41. The van der Waals surface area contributed by atoms with Crippen LogP contribution in [0.15, 0.2) is 65.6 Å². The van der Waals surface area contributed by atoms with Gasteiger partial charge >= 0.3 is 5.97 Å². The van der Waals surface area contributed by atoms with Crippen molar-refractivity contribution in [1.29, 1.82) is 0 Å². The van der Waals surface area contributed by atoms with Crippen molar-refractivity contribution in [3.05, 3.63) is 66.2 Å². The molecule has 1 unspecified atom stereocenters. The number of ether oxygens (including phenoxy) is 1. The van der Waals surface area contributed by atoms with Crippen LogP contribution in [-0.4, -0.2) is 61.3 Å². The van der Waals surface area contributed by atoms with Crippen LogP contribution < -0.4 is 14.8 Å². The van der Waals surface area contributed by atoms with Gasteiger partial charge in [0.2, 0.25) is 21.8 Å². The Morgan fingerprint density at radius 2 is 1.73 bits per heavy atom. The minimum absolute atomic E-state index is 0.0279. The number of carbonyl (C=O) groups excluding carboxylic acids is 3. The second-order valence-electron chi connectivity index (χ2n) is 9.33. The van der Waals surface area contributed by atoms with Gasteiger partial charge in [0.05, 0.1) is 23.6 Å². The lowest BCUT2D eigenvalue weighted by Gasteiger charge is -2.26. The van der Waals surface area contributed by atoms with Crippen molar-refractivity contribution in [2.75, 3.05) is 18.1 Å². The number of anilines is 1. The molecule has 11 nitrogen and oxygen atoms in total. The number of imide groups is 1. The van der Waals surface area contributed by atoms with E-state index in [2.05, 4.69) is 6.92 Å². The van der Waals surface area contributed by atoms with E-state index in [1.165, 1.54) is 24.3 Å². The molecule has 0 radical (unpaired) electrons. The molecule has 1 aliphatic heterocycles. The summed E-state index contributed by atoms with van der Waals surface area (Å²) in [7, 11) is -3.87. The maximum absolute atomic E-state index is 13.4. The van der Waals surface area contributed by atoms with Gasteiger partial charge in [0.25, 0.3) is 5.91 Å². The van der Waals surface area contributed by atoms with Crippen LogP contribution in [0.5, 0.6) is 5.75 Å². The number of carboxylic acids is 1. The first-order chi connectivity index (χ1) is 19.0. The van der Waals surface area contributed by atoms with E-state index in [0.717, 1.165) is 41.6 Å². The number of benzene rings is 2. The van der Waals surface area contributed by atoms with Crippen LogP contribution >= 0.6 is 0 Å². The van der Waals surface area contributed by atoms with Crippen LogP contribution in [-0.2, 0) is 35.6 Å². The van der Waals surface area contributed by atoms with Gasteiger partial charge in [-0.25, -0.2) is 23.3 Å². The van der Waals surface area contributed by atoms with Gasteiger partial charge in [-0.05, 0) is 54.8 Å². The van der Waals surface area contributed by atoms with Crippen LogP contribution in [0.4, 0.5) is 5.69 Å². The van der Waals surface area contributed by atoms with Crippen molar-refractivity contribution in [2.45, 2.75) is 56.4 Å². The maximum atomic E-state index is 13.4. The maximum Gasteiger partial charge on any atom is 0.328 e. The number of hydrogen-bond acceptors (Lipinski definition) is 7. The Balaban J connectivity index is 1.74. The van der Waals surface area contributed by atoms with E-state index in [1.807, 2.05) is 0 Å². The quantitative estimate of drug-likeness (QED) is 0.198. The number of nitrogens with zero attached hydrogens (tertiary/aromatic N) is 2. The monoisotopic (exact) mass is 571 g/mol. The van der Waals surface area contributed by atoms with Gasteiger partial charge in [-0.3, -0.25) is 14.4 Å². The van der Waals surface area contributed by atoms with E-state index in [0.29, 0.717) is 29.7 Å². The number of unbranched alkanes of at least 4 members (excludes halogenated alkanes) is 3. The molecular weight excluding hydrogens is 538 g/mol. The fourth-order valence-electron chi connectivity index (χ4n) is 4.29. The predicted octanol–water partition coefficient (Wildman–Crippen LogP) is 2.64. The van der Waals surface area contributed by atoms with Crippen molar-refractivity contribution >= 4 is 39.4 Å². The molecule has 12 heteroatoms. The Hall–Kier alpha value is -4.03. The van der Waals surface area contributed by atoms with Gasteiger partial charge in [-0.2, -0.15) is 0 Å². The predicted molar refractivity (Wildman–Crippen MR) is 147 cm³/mol. The molecule has 1 saturated heterocycles. The lowest BCUT2D eigenvalue weighted by Crippen LogP contribution is -2.46. The average molecular weight is 572 g/mol. The summed E-state index contributed by atoms with van der Waals surface area (Å²) in [6.45, 7) is 2.67. The molecule has 2 aromatic rings. The molecule has 1 aliphatic rings. The number of aliphatic carboxylic acids is 1. The Morgan fingerprint density at radius 3 is 2.33 bits per heavy atom. The van der Waals surface area contributed by atoms with E-state index in [9.17, 15) is 27.6 Å². The number of rotatable bonds is 14. The first kappa shape index (κ1) is 30.5. The Labute approximate surface area is 233 Å². The zero-order valence-electron chi connectivity index (χ0n) is 22.2. The molecule has 2 aromatic carbocycles. The highest BCUT2D eigenvalue weighted by Gasteiger charge is 2.44. The second kappa shape index (κ2) is 13.9. The zero-order valence-corrected chi connectivity index (χ0v) is 23.0. The highest BCUT2D eigenvalue weighted by Crippen LogP contribution is 2.28. The molecule has 0 spiro atoms. The first-order valence-electron chi connectivity index (χ1n) is 12.9. The molecule has 214 valence electrons.